The van der Waals surface area contributed by atoms with Crippen LogP contribution in [0.25, 0.3) is 22.2 Å². The summed E-state index contributed by atoms with van der Waals surface area (Å²) in [6.45, 7) is 2.61. The summed E-state index contributed by atoms with van der Waals surface area (Å²) in [6.07, 6.45) is 6.31. The smallest absolute Gasteiger partial charge is 0.317 e. The molecule has 2 N–H and O–H groups in total. The van der Waals surface area contributed by atoms with Gasteiger partial charge < -0.3 is 24.3 Å². The summed E-state index contributed by atoms with van der Waals surface area (Å²) in [6, 6.07) is 11.2. The lowest BCUT2D eigenvalue weighted by Crippen LogP contribution is -2.50. The summed E-state index contributed by atoms with van der Waals surface area (Å²) in [5.74, 6) is 0.420. The van der Waals surface area contributed by atoms with Crippen molar-refractivity contribution in [3.8, 4) is 17.0 Å². The zero-order chi connectivity index (χ0) is 31.0. The predicted octanol–water partition coefficient (Wildman–Crippen LogP) is 3.87. The number of carbonyl (C=O) groups excluding carboxylic acids is 2. The van der Waals surface area contributed by atoms with Gasteiger partial charge in [-0.1, -0.05) is 25.3 Å². The third-order valence-electron chi connectivity index (χ3n) is 9.14. The number of nitrogens with zero attached hydrogens (tertiary/aromatic N) is 3. The fourth-order valence-electron chi connectivity index (χ4n) is 6.85. The number of amides is 3. The van der Waals surface area contributed by atoms with Crippen LogP contribution in [0.3, 0.4) is 0 Å². The van der Waals surface area contributed by atoms with Gasteiger partial charge in [-0.3, -0.25) is 4.79 Å². The maximum atomic E-state index is 13.4. The van der Waals surface area contributed by atoms with E-state index in [2.05, 4.69) is 26.7 Å². The van der Waals surface area contributed by atoms with Crippen molar-refractivity contribution in [3.63, 3.8) is 0 Å². The van der Waals surface area contributed by atoms with Gasteiger partial charge in [-0.25, -0.2) is 9.52 Å². The van der Waals surface area contributed by atoms with Crippen LogP contribution in [0, 0.1) is 0 Å². The second kappa shape index (κ2) is 12.4. The van der Waals surface area contributed by atoms with Gasteiger partial charge in [-0.05, 0) is 66.6 Å². The molecule has 0 bridgehead atoms. The Bertz CT molecular complexity index is 1670. The molecule has 1 atom stereocenters. The minimum absolute atomic E-state index is 0.121. The van der Waals surface area contributed by atoms with Crippen molar-refractivity contribution in [3.05, 3.63) is 53.1 Å². The average molecular weight is 624 g/mol. The van der Waals surface area contributed by atoms with Gasteiger partial charge in [0.15, 0.2) is 0 Å². The van der Waals surface area contributed by atoms with Crippen LogP contribution in [0.4, 0.5) is 4.79 Å². The van der Waals surface area contributed by atoms with Gasteiger partial charge in [0.1, 0.15) is 5.75 Å². The number of benzene rings is 2. The molecule has 0 radical (unpaired) electrons. The van der Waals surface area contributed by atoms with Gasteiger partial charge in [0.05, 0.1) is 32.1 Å². The number of hydrogen-bond donors (Lipinski definition) is 2. The first-order chi connectivity index (χ1) is 21.2. The Morgan fingerprint density at radius 3 is 2.48 bits per heavy atom. The van der Waals surface area contributed by atoms with Crippen molar-refractivity contribution < 1.29 is 27.5 Å². The van der Waals surface area contributed by atoms with Crippen LogP contribution >= 0.6 is 0 Å². The summed E-state index contributed by atoms with van der Waals surface area (Å²) in [5, 5.41) is 4.34. The SMILES string of the molecule is COc1ccc2c(c1)CC(NC(=O)N1CCOCC1)Cn1c-2c(C2CCCCC2)c2ccc(C(=O)NS(=O)(=O)N(C)C)cc21. The van der Waals surface area contributed by atoms with Crippen LogP contribution in [-0.4, -0.2) is 87.7 Å². The number of aromatic nitrogens is 1. The normalized spacial score (nSPS) is 19.3. The molecule has 12 heteroatoms. The van der Waals surface area contributed by atoms with E-state index >= 15 is 0 Å². The number of nitrogens with one attached hydrogen (secondary N) is 2. The Hall–Kier alpha value is -3.61. The van der Waals surface area contributed by atoms with Gasteiger partial charge in [-0.2, -0.15) is 12.7 Å². The molecule has 3 heterocycles. The highest BCUT2D eigenvalue weighted by Gasteiger charge is 2.33. The van der Waals surface area contributed by atoms with Crippen LogP contribution in [-0.2, 0) is 27.9 Å². The monoisotopic (exact) mass is 623 g/mol. The van der Waals surface area contributed by atoms with E-state index in [1.54, 1.807) is 24.1 Å². The van der Waals surface area contributed by atoms with Crippen LogP contribution in [0.5, 0.6) is 5.75 Å². The molecule has 11 nitrogen and oxygen atoms in total. The highest BCUT2D eigenvalue weighted by molar-refractivity contribution is 7.87. The fourth-order valence-corrected chi connectivity index (χ4v) is 7.38. The number of fused-ring (bicyclic) bond motifs is 5. The quantitative estimate of drug-likeness (QED) is 0.430. The molecular weight excluding hydrogens is 582 g/mol. The molecule has 44 heavy (non-hydrogen) atoms. The molecule has 1 aliphatic carbocycles. The van der Waals surface area contributed by atoms with E-state index < -0.39 is 16.1 Å². The lowest BCUT2D eigenvalue weighted by molar-refractivity contribution is 0.0524. The van der Waals surface area contributed by atoms with Crippen molar-refractivity contribution in [1.82, 2.24) is 23.8 Å². The second-order valence-electron chi connectivity index (χ2n) is 12.1. The van der Waals surface area contributed by atoms with E-state index in [-0.39, 0.29) is 17.6 Å². The Kier molecular flexibility index (Phi) is 8.58. The average Bonchev–Trinajstić information content (AvgIpc) is 3.25. The lowest BCUT2D eigenvalue weighted by atomic mass is 9.81. The minimum Gasteiger partial charge on any atom is -0.497 e. The number of morpholine rings is 1. The zero-order valence-corrected chi connectivity index (χ0v) is 26.4. The molecule has 2 fully saturated rings. The summed E-state index contributed by atoms with van der Waals surface area (Å²) in [4.78, 5) is 28.4. The van der Waals surface area contributed by atoms with Crippen LogP contribution in [0.15, 0.2) is 36.4 Å². The zero-order valence-electron chi connectivity index (χ0n) is 25.6. The van der Waals surface area contributed by atoms with E-state index in [0.29, 0.717) is 45.2 Å². The first kappa shape index (κ1) is 30.4. The van der Waals surface area contributed by atoms with Gasteiger partial charge in [0, 0.05) is 55.8 Å². The van der Waals surface area contributed by atoms with E-state index in [0.717, 1.165) is 63.5 Å². The third kappa shape index (κ3) is 5.90. The number of carbonyl (C=O) groups is 2. The van der Waals surface area contributed by atoms with Gasteiger partial charge in [0.2, 0.25) is 0 Å². The number of urea groups is 1. The molecule has 1 saturated heterocycles. The molecular formula is C32H41N5O6S. The number of hydrogen-bond acceptors (Lipinski definition) is 6. The summed E-state index contributed by atoms with van der Waals surface area (Å²) in [7, 11) is 0.447. The van der Waals surface area contributed by atoms with Crippen molar-refractivity contribution >= 4 is 33.1 Å². The number of methoxy groups -OCH3 is 1. The summed E-state index contributed by atoms with van der Waals surface area (Å²) in [5.41, 5.74) is 5.65. The maximum Gasteiger partial charge on any atom is 0.317 e. The van der Waals surface area contributed by atoms with Crippen molar-refractivity contribution in [2.24, 2.45) is 0 Å². The molecule has 2 aliphatic heterocycles. The Morgan fingerprint density at radius 1 is 1.02 bits per heavy atom. The van der Waals surface area contributed by atoms with E-state index in [4.69, 9.17) is 9.47 Å². The first-order valence-corrected chi connectivity index (χ1v) is 16.8. The van der Waals surface area contributed by atoms with Gasteiger partial charge >= 0.3 is 16.2 Å². The molecule has 236 valence electrons. The predicted molar refractivity (Wildman–Crippen MR) is 168 cm³/mol. The standard InChI is InChI=1S/C32H41N5O6S/c1-35(2)44(40,41)34-31(38)22-9-11-27-28(19-22)37-20-24(33-32(39)36-13-15-43-16-14-36)17-23-18-25(42-3)10-12-26(23)30(37)29(27)21-7-5-4-6-8-21/h9-12,18-19,21,24H,4-8,13-17,20H2,1-3H3,(H,33,39)(H,34,38). The number of rotatable bonds is 6. The molecule has 2 aromatic carbocycles. The maximum absolute atomic E-state index is 13.4. The lowest BCUT2D eigenvalue weighted by Gasteiger charge is -2.29. The second-order valence-corrected chi connectivity index (χ2v) is 14.0. The van der Waals surface area contributed by atoms with Gasteiger partial charge in [-0.15, -0.1) is 0 Å². The topological polar surface area (TPSA) is 122 Å². The Balaban J connectivity index is 1.50. The van der Waals surface area contributed by atoms with Crippen LogP contribution < -0.4 is 14.8 Å². The van der Waals surface area contributed by atoms with E-state index in [1.807, 2.05) is 12.1 Å². The van der Waals surface area contributed by atoms with Crippen molar-refractivity contribution in [1.29, 1.82) is 0 Å². The molecule has 1 unspecified atom stereocenters. The van der Waals surface area contributed by atoms with E-state index in [1.165, 1.54) is 26.1 Å². The largest absolute Gasteiger partial charge is 0.497 e. The minimum atomic E-state index is -3.96. The first-order valence-electron chi connectivity index (χ1n) is 15.4. The highest BCUT2D eigenvalue weighted by atomic mass is 32.2. The molecule has 3 aromatic rings. The summed E-state index contributed by atoms with van der Waals surface area (Å²) < 4.78 is 41.3. The molecule has 3 amide bonds. The molecule has 3 aliphatic rings. The van der Waals surface area contributed by atoms with Gasteiger partial charge in [0.25, 0.3) is 5.91 Å². The summed E-state index contributed by atoms with van der Waals surface area (Å²) >= 11 is 0. The van der Waals surface area contributed by atoms with Crippen molar-refractivity contribution in [2.45, 2.75) is 57.0 Å². The van der Waals surface area contributed by atoms with Crippen LogP contribution in [0.1, 0.15) is 59.5 Å². The molecule has 1 aromatic heterocycles. The molecule has 0 spiro atoms. The Morgan fingerprint density at radius 2 is 1.77 bits per heavy atom. The number of ether oxygens (including phenoxy) is 2. The van der Waals surface area contributed by atoms with Crippen LogP contribution in [0.2, 0.25) is 0 Å². The Labute approximate surface area is 258 Å². The van der Waals surface area contributed by atoms with Crippen molar-refractivity contribution in [2.75, 3.05) is 47.5 Å². The molecule has 6 rings (SSSR count). The van der Waals surface area contributed by atoms with E-state index in [9.17, 15) is 18.0 Å². The molecule has 1 saturated carbocycles. The third-order valence-corrected chi connectivity index (χ3v) is 10.5. The highest BCUT2D eigenvalue weighted by Crippen LogP contribution is 2.46. The fraction of sp³-hybridized carbons (Fsp3) is 0.500.